The van der Waals surface area contributed by atoms with E-state index in [1.54, 1.807) is 6.07 Å². The van der Waals surface area contributed by atoms with Gasteiger partial charge in [-0.3, -0.25) is 0 Å². The molecule has 92 valence electrons. The van der Waals surface area contributed by atoms with Crippen molar-refractivity contribution in [1.29, 1.82) is 0 Å². The minimum absolute atomic E-state index is 0.173. The van der Waals surface area contributed by atoms with E-state index >= 15 is 0 Å². The highest BCUT2D eigenvalue weighted by molar-refractivity contribution is 5.83. The van der Waals surface area contributed by atoms with Crippen LogP contribution in [-0.4, -0.2) is 10.1 Å². The minimum atomic E-state index is -0.248. The number of benzene rings is 1. The Kier molecular flexibility index (Phi) is 4.76. The Balaban J connectivity index is 0.000000686. The summed E-state index contributed by atoms with van der Waals surface area (Å²) in [5, 5.41) is 10.0. The standard InChI is InChI=1S/C12H12FNO.C2H6/c1-8(15)2-3-9-7-14-12-6-10(13)4-5-11(9)12;1-2/h4-7,14-15H,1-3H2;1-2H3. The molecule has 1 aromatic carbocycles. The van der Waals surface area contributed by atoms with Gasteiger partial charge in [-0.15, -0.1) is 0 Å². The lowest BCUT2D eigenvalue weighted by Gasteiger charge is -1.98. The average Bonchev–Trinajstić information content (AvgIpc) is 2.71. The molecular formula is C14H18FNO. The van der Waals surface area contributed by atoms with Crippen LogP contribution in [0.15, 0.2) is 36.7 Å². The zero-order chi connectivity index (χ0) is 12.8. The van der Waals surface area contributed by atoms with Crippen molar-refractivity contribution in [3.8, 4) is 0 Å². The summed E-state index contributed by atoms with van der Waals surface area (Å²) in [6.45, 7) is 7.43. The molecule has 0 aliphatic carbocycles. The molecule has 0 aliphatic rings. The maximum atomic E-state index is 12.9. The molecule has 0 saturated carbocycles. The summed E-state index contributed by atoms with van der Waals surface area (Å²) < 4.78 is 12.9. The van der Waals surface area contributed by atoms with Crippen molar-refractivity contribution in [2.45, 2.75) is 26.7 Å². The van der Waals surface area contributed by atoms with E-state index in [-0.39, 0.29) is 11.6 Å². The van der Waals surface area contributed by atoms with E-state index in [4.69, 9.17) is 5.11 Å². The SMILES string of the molecule is C=C(O)CCc1c[nH]c2cc(F)ccc12.CC. The van der Waals surface area contributed by atoms with Gasteiger partial charge in [0.2, 0.25) is 0 Å². The number of allylic oxidation sites excluding steroid dienone is 1. The lowest BCUT2D eigenvalue weighted by molar-refractivity contribution is 0.391. The van der Waals surface area contributed by atoms with Gasteiger partial charge in [0.25, 0.3) is 0 Å². The normalized spacial score (nSPS) is 9.82. The van der Waals surface area contributed by atoms with Crippen molar-refractivity contribution in [2.75, 3.05) is 0 Å². The maximum Gasteiger partial charge on any atom is 0.125 e. The maximum absolute atomic E-state index is 12.9. The number of rotatable bonds is 3. The molecule has 2 aromatic rings. The first-order chi connectivity index (χ1) is 8.16. The van der Waals surface area contributed by atoms with Gasteiger partial charge in [0, 0.05) is 23.5 Å². The predicted octanol–water partition coefficient (Wildman–Crippen LogP) is 4.34. The first kappa shape index (κ1) is 13.3. The molecule has 3 heteroatoms. The summed E-state index contributed by atoms with van der Waals surface area (Å²) in [6, 6.07) is 4.65. The molecule has 0 atom stereocenters. The summed E-state index contributed by atoms with van der Waals surface area (Å²) in [7, 11) is 0. The molecular weight excluding hydrogens is 217 g/mol. The fourth-order valence-corrected chi connectivity index (χ4v) is 1.64. The van der Waals surface area contributed by atoms with Crippen LogP contribution in [0.5, 0.6) is 0 Å². The van der Waals surface area contributed by atoms with Crippen LogP contribution < -0.4 is 0 Å². The Hall–Kier alpha value is -1.77. The van der Waals surface area contributed by atoms with Crippen molar-refractivity contribution in [2.24, 2.45) is 0 Å². The summed E-state index contributed by atoms with van der Waals surface area (Å²) >= 11 is 0. The molecule has 0 amide bonds. The van der Waals surface area contributed by atoms with E-state index in [1.165, 1.54) is 12.1 Å². The fourth-order valence-electron chi connectivity index (χ4n) is 1.64. The third-order valence-electron chi connectivity index (χ3n) is 2.41. The number of aromatic amines is 1. The fraction of sp³-hybridized carbons (Fsp3) is 0.286. The second kappa shape index (κ2) is 6.09. The van der Waals surface area contributed by atoms with Crippen LogP contribution in [0, 0.1) is 5.82 Å². The molecule has 0 aliphatic heterocycles. The summed E-state index contributed by atoms with van der Waals surface area (Å²) in [5.74, 6) is -0.0751. The van der Waals surface area contributed by atoms with E-state index in [0.29, 0.717) is 12.8 Å². The Morgan fingerprint density at radius 1 is 1.41 bits per heavy atom. The number of halogens is 1. The van der Waals surface area contributed by atoms with Gasteiger partial charge in [0.15, 0.2) is 0 Å². The largest absolute Gasteiger partial charge is 0.513 e. The van der Waals surface area contributed by atoms with E-state index in [9.17, 15) is 4.39 Å². The van der Waals surface area contributed by atoms with Crippen LogP contribution >= 0.6 is 0 Å². The Bertz CT molecular complexity index is 502. The van der Waals surface area contributed by atoms with Crippen molar-refractivity contribution in [3.63, 3.8) is 0 Å². The zero-order valence-electron chi connectivity index (χ0n) is 10.3. The number of aliphatic hydroxyl groups is 1. The smallest absolute Gasteiger partial charge is 0.125 e. The molecule has 2 rings (SSSR count). The van der Waals surface area contributed by atoms with Crippen LogP contribution in [-0.2, 0) is 6.42 Å². The van der Waals surface area contributed by atoms with E-state index < -0.39 is 0 Å². The lowest BCUT2D eigenvalue weighted by Crippen LogP contribution is -1.85. The van der Waals surface area contributed by atoms with Gasteiger partial charge >= 0.3 is 0 Å². The molecule has 0 bridgehead atoms. The quantitative estimate of drug-likeness (QED) is 0.763. The number of hydrogen-bond acceptors (Lipinski definition) is 1. The molecule has 0 fully saturated rings. The summed E-state index contributed by atoms with van der Waals surface area (Å²) in [6.07, 6.45) is 3.08. The number of hydrogen-bond donors (Lipinski definition) is 2. The monoisotopic (exact) mass is 235 g/mol. The topological polar surface area (TPSA) is 36.0 Å². The van der Waals surface area contributed by atoms with Gasteiger partial charge in [-0.2, -0.15) is 0 Å². The molecule has 0 radical (unpaired) electrons. The molecule has 2 N–H and O–H groups in total. The third-order valence-corrected chi connectivity index (χ3v) is 2.41. The summed E-state index contributed by atoms with van der Waals surface area (Å²) in [5.41, 5.74) is 1.86. The van der Waals surface area contributed by atoms with Crippen LogP contribution in [0.1, 0.15) is 25.8 Å². The van der Waals surface area contributed by atoms with Gasteiger partial charge in [-0.25, -0.2) is 4.39 Å². The first-order valence-electron chi connectivity index (χ1n) is 5.79. The molecule has 1 aromatic heterocycles. The number of aromatic nitrogens is 1. The number of fused-ring (bicyclic) bond motifs is 1. The Morgan fingerprint density at radius 3 is 2.76 bits per heavy atom. The second-order valence-corrected chi connectivity index (χ2v) is 3.57. The van der Waals surface area contributed by atoms with Crippen LogP contribution in [0.2, 0.25) is 0 Å². The molecule has 2 nitrogen and oxygen atoms in total. The molecule has 0 spiro atoms. The highest BCUT2D eigenvalue weighted by atomic mass is 19.1. The van der Waals surface area contributed by atoms with E-state index in [1.807, 2.05) is 20.0 Å². The number of nitrogens with one attached hydrogen (secondary N) is 1. The zero-order valence-corrected chi connectivity index (χ0v) is 10.3. The molecule has 0 unspecified atom stereocenters. The number of aryl methyl sites for hydroxylation is 1. The minimum Gasteiger partial charge on any atom is -0.513 e. The van der Waals surface area contributed by atoms with E-state index in [2.05, 4.69) is 11.6 Å². The van der Waals surface area contributed by atoms with Gasteiger partial charge in [-0.1, -0.05) is 20.4 Å². The van der Waals surface area contributed by atoms with Crippen molar-refractivity contribution >= 4 is 10.9 Å². The first-order valence-corrected chi connectivity index (χ1v) is 5.79. The van der Waals surface area contributed by atoms with E-state index in [0.717, 1.165) is 16.5 Å². The highest BCUT2D eigenvalue weighted by Gasteiger charge is 2.04. The van der Waals surface area contributed by atoms with Crippen molar-refractivity contribution in [1.82, 2.24) is 4.98 Å². The van der Waals surface area contributed by atoms with Gasteiger partial charge in [0.05, 0.1) is 5.76 Å². The van der Waals surface area contributed by atoms with Crippen LogP contribution in [0.25, 0.3) is 10.9 Å². The highest BCUT2D eigenvalue weighted by Crippen LogP contribution is 2.20. The number of aliphatic hydroxyl groups excluding tert-OH is 1. The molecule has 0 saturated heterocycles. The van der Waals surface area contributed by atoms with Gasteiger partial charge in [0.1, 0.15) is 5.82 Å². The number of H-pyrrole nitrogens is 1. The van der Waals surface area contributed by atoms with Gasteiger partial charge < -0.3 is 10.1 Å². The average molecular weight is 235 g/mol. The second-order valence-electron chi connectivity index (χ2n) is 3.57. The third kappa shape index (κ3) is 3.34. The van der Waals surface area contributed by atoms with Crippen LogP contribution in [0.4, 0.5) is 4.39 Å². The van der Waals surface area contributed by atoms with Gasteiger partial charge in [-0.05, 0) is 30.2 Å². The predicted molar refractivity (Wildman–Crippen MR) is 69.7 cm³/mol. The van der Waals surface area contributed by atoms with Crippen LogP contribution in [0.3, 0.4) is 0 Å². The molecule has 17 heavy (non-hydrogen) atoms. The van der Waals surface area contributed by atoms with Crippen molar-refractivity contribution in [3.05, 3.63) is 48.1 Å². The Labute approximate surface area is 101 Å². The Morgan fingerprint density at radius 2 is 2.12 bits per heavy atom. The van der Waals surface area contributed by atoms with Crippen molar-refractivity contribution < 1.29 is 9.50 Å². The lowest BCUT2D eigenvalue weighted by atomic mass is 10.1. The summed E-state index contributed by atoms with van der Waals surface area (Å²) in [4.78, 5) is 3.00. The molecule has 1 heterocycles.